The number of carbonyl (C=O) groups is 2. The zero-order valence-electron chi connectivity index (χ0n) is 16.5. The van der Waals surface area contributed by atoms with Crippen molar-refractivity contribution in [3.63, 3.8) is 0 Å². The molecule has 1 aromatic carbocycles. The quantitative estimate of drug-likeness (QED) is 0.523. The van der Waals surface area contributed by atoms with Gasteiger partial charge in [-0.1, -0.05) is 17.8 Å². The van der Waals surface area contributed by atoms with Crippen molar-refractivity contribution in [3.05, 3.63) is 35.9 Å². The van der Waals surface area contributed by atoms with Crippen molar-refractivity contribution in [3.8, 4) is 0 Å². The predicted octanol–water partition coefficient (Wildman–Crippen LogP) is 1.85. The summed E-state index contributed by atoms with van der Waals surface area (Å²) in [5.41, 5.74) is 0.369. The fourth-order valence-corrected chi connectivity index (χ4v) is 3.84. The Labute approximate surface area is 179 Å². The molecule has 0 bridgehead atoms. The van der Waals surface area contributed by atoms with Crippen LogP contribution in [0.2, 0.25) is 0 Å². The molecule has 0 aliphatic carbocycles. The van der Waals surface area contributed by atoms with E-state index in [0.29, 0.717) is 31.9 Å². The number of rotatable bonds is 6. The topological polar surface area (TPSA) is 83.4 Å². The van der Waals surface area contributed by atoms with E-state index in [1.165, 1.54) is 25.2 Å². The highest BCUT2D eigenvalue weighted by Gasteiger charge is 2.37. The van der Waals surface area contributed by atoms with E-state index < -0.39 is 17.8 Å². The third-order valence-corrected chi connectivity index (χ3v) is 5.62. The minimum atomic E-state index is -4.61. The van der Waals surface area contributed by atoms with Crippen LogP contribution in [0.4, 0.5) is 23.2 Å². The molecule has 1 saturated heterocycles. The van der Waals surface area contributed by atoms with Crippen LogP contribution in [0, 0.1) is 5.82 Å². The lowest BCUT2D eigenvalue weighted by atomic mass is 10.3. The summed E-state index contributed by atoms with van der Waals surface area (Å²) in [7, 11) is 1.20. The number of aromatic nitrogens is 3. The summed E-state index contributed by atoms with van der Waals surface area (Å²) in [6, 6.07) is 5.59. The second-order valence-corrected chi connectivity index (χ2v) is 7.81. The lowest BCUT2D eigenvalue weighted by Crippen LogP contribution is -2.50. The summed E-state index contributed by atoms with van der Waals surface area (Å²) in [4.78, 5) is 28.0. The van der Waals surface area contributed by atoms with Crippen molar-refractivity contribution in [2.45, 2.75) is 11.3 Å². The number of anilines is 1. The number of nitrogens with zero attached hydrogens (tertiary/aromatic N) is 5. The zero-order valence-corrected chi connectivity index (χ0v) is 17.3. The van der Waals surface area contributed by atoms with Crippen LogP contribution in [0.25, 0.3) is 0 Å². The van der Waals surface area contributed by atoms with Crippen LogP contribution < -0.4 is 5.32 Å². The number of thioether (sulfide) groups is 1. The van der Waals surface area contributed by atoms with Gasteiger partial charge < -0.3 is 14.8 Å². The summed E-state index contributed by atoms with van der Waals surface area (Å²) in [6.07, 6.45) is -4.61. The minimum Gasteiger partial charge on any atom is -0.339 e. The van der Waals surface area contributed by atoms with Gasteiger partial charge >= 0.3 is 6.18 Å². The molecule has 0 radical (unpaired) electrons. The number of amides is 2. The molecule has 0 spiro atoms. The van der Waals surface area contributed by atoms with Crippen molar-refractivity contribution >= 4 is 29.3 Å². The van der Waals surface area contributed by atoms with Crippen LogP contribution in [-0.2, 0) is 22.8 Å². The van der Waals surface area contributed by atoms with Crippen LogP contribution in [0.5, 0.6) is 0 Å². The Morgan fingerprint density at radius 3 is 2.48 bits per heavy atom. The van der Waals surface area contributed by atoms with Crippen LogP contribution in [0.1, 0.15) is 5.82 Å². The van der Waals surface area contributed by atoms with Gasteiger partial charge in [-0.2, -0.15) is 13.2 Å². The first-order chi connectivity index (χ1) is 14.6. The van der Waals surface area contributed by atoms with Gasteiger partial charge in [0.1, 0.15) is 5.82 Å². The molecule has 2 heterocycles. The molecule has 1 aromatic heterocycles. The van der Waals surface area contributed by atoms with Gasteiger partial charge in [-0.3, -0.25) is 14.5 Å². The highest BCUT2D eigenvalue weighted by Crippen LogP contribution is 2.29. The van der Waals surface area contributed by atoms with E-state index in [4.69, 9.17) is 0 Å². The third kappa shape index (κ3) is 6.17. The molecule has 2 amide bonds. The lowest BCUT2D eigenvalue weighted by molar-refractivity contribution is -0.147. The maximum absolute atomic E-state index is 13.2. The van der Waals surface area contributed by atoms with Gasteiger partial charge in [-0.05, 0) is 18.2 Å². The number of halogens is 4. The fraction of sp³-hybridized carbons (Fsp3) is 0.444. The van der Waals surface area contributed by atoms with Crippen molar-refractivity contribution in [1.82, 2.24) is 24.6 Å². The Hall–Kier alpha value is -2.67. The van der Waals surface area contributed by atoms with Gasteiger partial charge in [0.25, 0.3) is 0 Å². The molecule has 13 heteroatoms. The van der Waals surface area contributed by atoms with Gasteiger partial charge in [-0.25, -0.2) is 4.39 Å². The van der Waals surface area contributed by atoms with Gasteiger partial charge in [0, 0.05) is 38.9 Å². The molecule has 8 nitrogen and oxygen atoms in total. The summed E-state index contributed by atoms with van der Waals surface area (Å²) < 4.78 is 52.3. The van der Waals surface area contributed by atoms with Gasteiger partial charge in [0.15, 0.2) is 5.16 Å². The van der Waals surface area contributed by atoms with Crippen molar-refractivity contribution in [2.75, 3.05) is 43.8 Å². The minimum absolute atomic E-state index is 0.00771. The Kier molecular flexibility index (Phi) is 7.15. The Morgan fingerprint density at radius 2 is 1.87 bits per heavy atom. The van der Waals surface area contributed by atoms with Crippen molar-refractivity contribution in [2.24, 2.45) is 7.05 Å². The fourth-order valence-electron chi connectivity index (χ4n) is 3.03. The molecule has 0 saturated carbocycles. The van der Waals surface area contributed by atoms with E-state index in [0.717, 1.165) is 16.3 Å². The normalized spacial score (nSPS) is 15.2. The number of hydrogen-bond acceptors (Lipinski definition) is 6. The number of hydrogen-bond donors (Lipinski definition) is 1. The Morgan fingerprint density at radius 1 is 1.16 bits per heavy atom. The third-order valence-electron chi connectivity index (χ3n) is 4.61. The molecule has 31 heavy (non-hydrogen) atoms. The highest BCUT2D eigenvalue weighted by molar-refractivity contribution is 7.99. The Bertz CT molecular complexity index is 943. The van der Waals surface area contributed by atoms with E-state index in [1.54, 1.807) is 11.0 Å². The van der Waals surface area contributed by atoms with Crippen molar-refractivity contribution < 1.29 is 27.2 Å². The molecule has 2 aromatic rings. The summed E-state index contributed by atoms with van der Waals surface area (Å²) in [5.74, 6) is -2.15. The number of carbonyl (C=O) groups excluding carboxylic acids is 2. The standard InChI is InChI=1S/C18H20F4N6O2S/c1-26-16(18(20,21)22)24-25-17(26)31-11-15(30)28-7-5-27(6-8-28)10-14(29)23-13-4-2-3-12(19)9-13/h2-4,9H,5-8,10-11H2,1H3,(H,23,29). The molecule has 168 valence electrons. The summed E-state index contributed by atoms with van der Waals surface area (Å²) in [5, 5.41) is 9.25. The number of benzene rings is 1. The summed E-state index contributed by atoms with van der Waals surface area (Å²) in [6.45, 7) is 1.81. The maximum atomic E-state index is 13.2. The highest BCUT2D eigenvalue weighted by atomic mass is 32.2. The number of nitrogens with one attached hydrogen (secondary N) is 1. The second-order valence-electron chi connectivity index (χ2n) is 6.87. The first-order valence-electron chi connectivity index (χ1n) is 9.28. The van der Waals surface area contributed by atoms with E-state index >= 15 is 0 Å². The largest absolute Gasteiger partial charge is 0.451 e. The number of piperazine rings is 1. The molecular formula is C18H20F4N6O2S. The van der Waals surface area contributed by atoms with E-state index in [1.807, 2.05) is 4.90 Å². The number of alkyl halides is 3. The average Bonchev–Trinajstić information content (AvgIpc) is 3.07. The van der Waals surface area contributed by atoms with E-state index in [2.05, 4.69) is 15.5 Å². The van der Waals surface area contributed by atoms with Crippen LogP contribution in [0.15, 0.2) is 29.4 Å². The average molecular weight is 460 g/mol. The zero-order chi connectivity index (χ0) is 22.6. The smallest absolute Gasteiger partial charge is 0.339 e. The first-order valence-corrected chi connectivity index (χ1v) is 10.3. The molecule has 1 fully saturated rings. The van der Waals surface area contributed by atoms with E-state index in [9.17, 15) is 27.2 Å². The molecule has 1 aliphatic rings. The Balaban J connectivity index is 1.42. The lowest BCUT2D eigenvalue weighted by Gasteiger charge is -2.34. The van der Waals surface area contributed by atoms with Crippen molar-refractivity contribution in [1.29, 1.82) is 0 Å². The second kappa shape index (κ2) is 9.64. The predicted molar refractivity (Wildman–Crippen MR) is 105 cm³/mol. The molecule has 0 atom stereocenters. The van der Waals surface area contributed by atoms with Crippen LogP contribution >= 0.6 is 11.8 Å². The van der Waals surface area contributed by atoms with Crippen LogP contribution in [-0.4, -0.2) is 74.9 Å². The molecule has 3 rings (SSSR count). The SMILES string of the molecule is Cn1c(SCC(=O)N2CCN(CC(=O)Nc3cccc(F)c3)CC2)nnc1C(F)(F)F. The monoisotopic (exact) mass is 460 g/mol. The van der Waals surface area contributed by atoms with Crippen LogP contribution in [0.3, 0.4) is 0 Å². The van der Waals surface area contributed by atoms with Gasteiger partial charge in [-0.15, -0.1) is 10.2 Å². The molecule has 1 N–H and O–H groups in total. The van der Waals surface area contributed by atoms with Gasteiger partial charge in [0.05, 0.1) is 12.3 Å². The maximum Gasteiger partial charge on any atom is 0.451 e. The molecular weight excluding hydrogens is 440 g/mol. The molecule has 0 unspecified atom stereocenters. The van der Waals surface area contributed by atoms with Gasteiger partial charge in [0.2, 0.25) is 17.6 Å². The molecule has 1 aliphatic heterocycles. The first kappa shape index (κ1) is 23.0. The summed E-state index contributed by atoms with van der Waals surface area (Å²) >= 11 is 0.889. The van der Waals surface area contributed by atoms with E-state index in [-0.39, 0.29) is 29.3 Å².